The predicted molar refractivity (Wildman–Crippen MR) is 80.1 cm³/mol. The average molecular weight is 255 g/mol. The van der Waals surface area contributed by atoms with Crippen molar-refractivity contribution in [2.75, 3.05) is 11.9 Å². The van der Waals surface area contributed by atoms with Crippen LogP contribution in [-0.4, -0.2) is 12.0 Å². The number of rotatable bonds is 4. The van der Waals surface area contributed by atoms with E-state index in [0.29, 0.717) is 0 Å². The maximum atomic E-state index is 5.83. The summed E-state index contributed by atoms with van der Waals surface area (Å²) in [6.07, 6.45) is 1.85. The van der Waals surface area contributed by atoms with E-state index in [1.165, 1.54) is 11.1 Å². The van der Waals surface area contributed by atoms with Gasteiger partial charge in [0, 0.05) is 25.8 Å². The molecular weight excluding hydrogens is 234 g/mol. The highest BCUT2D eigenvalue weighted by atomic mass is 15.2. The number of anilines is 1. The average Bonchev–Trinajstić information content (AvgIpc) is 2.39. The van der Waals surface area contributed by atoms with Crippen LogP contribution < -0.4 is 10.6 Å². The van der Waals surface area contributed by atoms with Crippen molar-refractivity contribution in [3.8, 4) is 0 Å². The van der Waals surface area contributed by atoms with E-state index >= 15 is 0 Å². The standard InChI is InChI=1S/C16H21N3/c1-12-5-4-6-14(9-12)11-19(3)16-8-7-15(10-18-16)13(2)17/h4-10,13H,11,17H2,1-3H3. The van der Waals surface area contributed by atoms with E-state index in [0.717, 1.165) is 17.9 Å². The molecule has 0 saturated heterocycles. The normalized spacial score (nSPS) is 12.2. The van der Waals surface area contributed by atoms with Crippen molar-refractivity contribution in [3.05, 3.63) is 59.3 Å². The molecule has 1 aromatic carbocycles. The molecule has 1 aromatic heterocycles. The summed E-state index contributed by atoms with van der Waals surface area (Å²) in [7, 11) is 2.05. The predicted octanol–water partition coefficient (Wildman–Crippen LogP) is 3.05. The number of pyridine rings is 1. The van der Waals surface area contributed by atoms with Gasteiger partial charge in [-0.15, -0.1) is 0 Å². The molecule has 0 aliphatic rings. The van der Waals surface area contributed by atoms with Crippen molar-refractivity contribution in [2.45, 2.75) is 26.4 Å². The lowest BCUT2D eigenvalue weighted by molar-refractivity contribution is 0.807. The molecule has 2 N–H and O–H groups in total. The Balaban J connectivity index is 2.09. The van der Waals surface area contributed by atoms with Crippen LogP contribution in [0.5, 0.6) is 0 Å². The number of aryl methyl sites for hydroxylation is 1. The Kier molecular flexibility index (Phi) is 4.17. The highest BCUT2D eigenvalue weighted by Crippen LogP contribution is 2.16. The molecule has 1 unspecified atom stereocenters. The Bertz CT molecular complexity index is 532. The van der Waals surface area contributed by atoms with E-state index in [1.807, 2.05) is 25.3 Å². The fourth-order valence-corrected chi connectivity index (χ4v) is 2.06. The van der Waals surface area contributed by atoms with E-state index in [9.17, 15) is 0 Å². The molecule has 19 heavy (non-hydrogen) atoms. The molecule has 0 bridgehead atoms. The van der Waals surface area contributed by atoms with Gasteiger partial charge in [0.25, 0.3) is 0 Å². The minimum absolute atomic E-state index is 0.0311. The first kappa shape index (κ1) is 13.6. The maximum Gasteiger partial charge on any atom is 0.128 e. The van der Waals surface area contributed by atoms with Crippen molar-refractivity contribution < 1.29 is 0 Å². The number of hydrogen-bond acceptors (Lipinski definition) is 3. The van der Waals surface area contributed by atoms with Crippen molar-refractivity contribution in [1.82, 2.24) is 4.98 Å². The highest BCUT2D eigenvalue weighted by molar-refractivity contribution is 5.40. The monoisotopic (exact) mass is 255 g/mol. The molecule has 0 aliphatic carbocycles. The van der Waals surface area contributed by atoms with Crippen LogP contribution in [0, 0.1) is 6.92 Å². The SMILES string of the molecule is Cc1cccc(CN(C)c2ccc(C(C)N)cn2)c1. The first-order valence-electron chi connectivity index (χ1n) is 6.54. The van der Waals surface area contributed by atoms with Gasteiger partial charge < -0.3 is 10.6 Å². The summed E-state index contributed by atoms with van der Waals surface area (Å²) < 4.78 is 0. The molecule has 0 fully saturated rings. The van der Waals surface area contributed by atoms with Gasteiger partial charge >= 0.3 is 0 Å². The molecule has 0 spiro atoms. The Hall–Kier alpha value is -1.87. The zero-order valence-corrected chi connectivity index (χ0v) is 11.8. The topological polar surface area (TPSA) is 42.1 Å². The van der Waals surface area contributed by atoms with Gasteiger partial charge in [-0.25, -0.2) is 4.98 Å². The second-order valence-corrected chi connectivity index (χ2v) is 5.08. The summed E-state index contributed by atoms with van der Waals surface area (Å²) in [4.78, 5) is 6.60. The zero-order chi connectivity index (χ0) is 13.8. The number of nitrogens with two attached hydrogens (primary N) is 1. The minimum Gasteiger partial charge on any atom is -0.355 e. The molecule has 100 valence electrons. The van der Waals surface area contributed by atoms with Crippen LogP contribution in [0.15, 0.2) is 42.6 Å². The lowest BCUT2D eigenvalue weighted by atomic mass is 10.1. The molecular formula is C16H21N3. The van der Waals surface area contributed by atoms with Gasteiger partial charge in [-0.05, 0) is 31.0 Å². The van der Waals surface area contributed by atoms with Crippen molar-refractivity contribution in [3.63, 3.8) is 0 Å². The van der Waals surface area contributed by atoms with Gasteiger partial charge in [0.05, 0.1) is 0 Å². The van der Waals surface area contributed by atoms with Crippen LogP contribution in [0.25, 0.3) is 0 Å². The first-order chi connectivity index (χ1) is 9.06. The molecule has 2 rings (SSSR count). The summed E-state index contributed by atoms with van der Waals surface area (Å²) in [6, 6.07) is 12.6. The Morgan fingerprint density at radius 1 is 1.26 bits per heavy atom. The molecule has 0 radical (unpaired) electrons. The lowest BCUT2D eigenvalue weighted by Crippen LogP contribution is -2.18. The second-order valence-electron chi connectivity index (χ2n) is 5.08. The third kappa shape index (κ3) is 3.55. The number of hydrogen-bond donors (Lipinski definition) is 1. The molecule has 1 heterocycles. The number of benzene rings is 1. The second kappa shape index (κ2) is 5.85. The van der Waals surface area contributed by atoms with Gasteiger partial charge in [-0.1, -0.05) is 35.9 Å². The molecule has 3 nitrogen and oxygen atoms in total. The van der Waals surface area contributed by atoms with Gasteiger partial charge in [0.2, 0.25) is 0 Å². The first-order valence-corrected chi connectivity index (χ1v) is 6.54. The highest BCUT2D eigenvalue weighted by Gasteiger charge is 2.05. The lowest BCUT2D eigenvalue weighted by Gasteiger charge is -2.19. The maximum absolute atomic E-state index is 5.83. The summed E-state index contributed by atoms with van der Waals surface area (Å²) in [5.74, 6) is 0.964. The van der Waals surface area contributed by atoms with Crippen LogP contribution in [0.2, 0.25) is 0 Å². The molecule has 1 atom stereocenters. The van der Waals surface area contributed by atoms with Gasteiger partial charge in [-0.2, -0.15) is 0 Å². The Morgan fingerprint density at radius 2 is 2.05 bits per heavy atom. The molecule has 0 aliphatic heterocycles. The smallest absolute Gasteiger partial charge is 0.128 e. The van der Waals surface area contributed by atoms with Crippen LogP contribution in [0.1, 0.15) is 29.7 Å². The van der Waals surface area contributed by atoms with E-state index in [4.69, 9.17) is 5.73 Å². The zero-order valence-electron chi connectivity index (χ0n) is 11.8. The van der Waals surface area contributed by atoms with Gasteiger partial charge in [-0.3, -0.25) is 0 Å². The van der Waals surface area contributed by atoms with E-state index in [2.05, 4.69) is 48.1 Å². The van der Waals surface area contributed by atoms with Crippen molar-refractivity contribution >= 4 is 5.82 Å². The van der Waals surface area contributed by atoms with Crippen molar-refractivity contribution in [2.24, 2.45) is 5.73 Å². The van der Waals surface area contributed by atoms with Gasteiger partial charge in [0.1, 0.15) is 5.82 Å². The third-order valence-electron chi connectivity index (χ3n) is 3.19. The summed E-state index contributed by atoms with van der Waals surface area (Å²) in [6.45, 7) is 4.93. The van der Waals surface area contributed by atoms with Crippen LogP contribution >= 0.6 is 0 Å². The fourth-order valence-electron chi connectivity index (χ4n) is 2.06. The van der Waals surface area contributed by atoms with Crippen LogP contribution in [0.3, 0.4) is 0 Å². The molecule has 0 amide bonds. The summed E-state index contributed by atoms with van der Waals surface area (Å²) >= 11 is 0. The molecule has 0 saturated carbocycles. The third-order valence-corrected chi connectivity index (χ3v) is 3.19. The van der Waals surface area contributed by atoms with E-state index in [-0.39, 0.29) is 6.04 Å². The largest absolute Gasteiger partial charge is 0.355 e. The van der Waals surface area contributed by atoms with Crippen LogP contribution in [-0.2, 0) is 6.54 Å². The Labute approximate surface area is 115 Å². The van der Waals surface area contributed by atoms with E-state index < -0.39 is 0 Å². The fraction of sp³-hybridized carbons (Fsp3) is 0.312. The Morgan fingerprint density at radius 3 is 2.63 bits per heavy atom. The molecule has 3 heteroatoms. The number of aromatic nitrogens is 1. The van der Waals surface area contributed by atoms with Crippen molar-refractivity contribution in [1.29, 1.82) is 0 Å². The number of nitrogens with zero attached hydrogens (tertiary/aromatic N) is 2. The quantitative estimate of drug-likeness (QED) is 0.913. The minimum atomic E-state index is 0.0311. The van der Waals surface area contributed by atoms with Crippen LogP contribution in [0.4, 0.5) is 5.82 Å². The van der Waals surface area contributed by atoms with Gasteiger partial charge in [0.15, 0.2) is 0 Å². The van der Waals surface area contributed by atoms with E-state index in [1.54, 1.807) is 0 Å². The molecule has 2 aromatic rings. The summed E-state index contributed by atoms with van der Waals surface area (Å²) in [5.41, 5.74) is 9.46. The summed E-state index contributed by atoms with van der Waals surface area (Å²) in [5, 5.41) is 0.